The van der Waals surface area contributed by atoms with Gasteiger partial charge in [0.15, 0.2) is 0 Å². The first-order chi connectivity index (χ1) is 13.1. The van der Waals surface area contributed by atoms with Gasteiger partial charge in [-0.3, -0.25) is 4.79 Å². The first-order valence-corrected chi connectivity index (χ1v) is 12.6. The highest BCUT2D eigenvalue weighted by Crippen LogP contribution is 2.42. The van der Waals surface area contributed by atoms with Gasteiger partial charge in [-0.25, -0.2) is 0 Å². The smallest absolute Gasteiger partial charge is 0.133 e. The standard InChI is InChI=1S/C26H50O/c1-4-6-7-8-9-10-11-12-13-14-15-16-17-18-25(27)23-24-19-21-26(3,5-2)22-20-24/h24H,4-23H2,1-3H3. The maximum absolute atomic E-state index is 12.2. The zero-order valence-electron chi connectivity index (χ0n) is 19.1. The highest BCUT2D eigenvalue weighted by molar-refractivity contribution is 5.78. The van der Waals surface area contributed by atoms with Crippen LogP contribution in [0.3, 0.4) is 0 Å². The SMILES string of the molecule is CCCCCCCCCCCCCCCC(=O)CC1CCC(C)(CC)CC1. The number of rotatable bonds is 17. The van der Waals surface area contributed by atoms with E-state index in [2.05, 4.69) is 20.8 Å². The van der Waals surface area contributed by atoms with Crippen molar-refractivity contribution < 1.29 is 4.79 Å². The van der Waals surface area contributed by atoms with E-state index < -0.39 is 0 Å². The Morgan fingerprint density at radius 1 is 0.741 bits per heavy atom. The average Bonchev–Trinajstić information content (AvgIpc) is 2.67. The molecule has 1 fully saturated rings. The molecule has 0 atom stereocenters. The van der Waals surface area contributed by atoms with Crippen LogP contribution >= 0.6 is 0 Å². The maximum Gasteiger partial charge on any atom is 0.133 e. The third kappa shape index (κ3) is 12.7. The molecule has 0 bridgehead atoms. The van der Waals surface area contributed by atoms with Gasteiger partial charge >= 0.3 is 0 Å². The highest BCUT2D eigenvalue weighted by atomic mass is 16.1. The Bertz CT molecular complexity index is 351. The van der Waals surface area contributed by atoms with Gasteiger partial charge in [0.05, 0.1) is 0 Å². The van der Waals surface area contributed by atoms with Crippen molar-refractivity contribution in [3.05, 3.63) is 0 Å². The summed E-state index contributed by atoms with van der Waals surface area (Å²) in [6.07, 6.45) is 26.2. The molecule has 0 aromatic heterocycles. The van der Waals surface area contributed by atoms with E-state index in [1.54, 1.807) is 0 Å². The lowest BCUT2D eigenvalue weighted by Gasteiger charge is -2.36. The molecule has 0 amide bonds. The fourth-order valence-electron chi connectivity index (χ4n) is 4.70. The van der Waals surface area contributed by atoms with Gasteiger partial charge in [-0.2, -0.15) is 0 Å². The van der Waals surface area contributed by atoms with Crippen LogP contribution < -0.4 is 0 Å². The van der Waals surface area contributed by atoms with Gasteiger partial charge in [-0.15, -0.1) is 0 Å². The fourth-order valence-corrected chi connectivity index (χ4v) is 4.70. The molecule has 0 aliphatic heterocycles. The summed E-state index contributed by atoms with van der Waals surface area (Å²) in [4.78, 5) is 12.2. The maximum atomic E-state index is 12.2. The van der Waals surface area contributed by atoms with E-state index in [9.17, 15) is 4.79 Å². The van der Waals surface area contributed by atoms with Crippen molar-refractivity contribution in [1.82, 2.24) is 0 Å². The number of hydrogen-bond donors (Lipinski definition) is 0. The monoisotopic (exact) mass is 378 g/mol. The Labute approximate surface area is 171 Å². The number of ketones is 1. The lowest BCUT2D eigenvalue weighted by atomic mass is 9.69. The van der Waals surface area contributed by atoms with Gasteiger partial charge in [0.2, 0.25) is 0 Å². The minimum Gasteiger partial charge on any atom is -0.300 e. The topological polar surface area (TPSA) is 17.1 Å². The summed E-state index contributed by atoms with van der Waals surface area (Å²) >= 11 is 0. The minimum atomic E-state index is 0.545. The van der Waals surface area contributed by atoms with Crippen LogP contribution in [0.4, 0.5) is 0 Å². The molecule has 0 aromatic rings. The van der Waals surface area contributed by atoms with Crippen LogP contribution in [0.5, 0.6) is 0 Å². The molecule has 0 unspecified atom stereocenters. The summed E-state index contributed by atoms with van der Waals surface area (Å²) in [6, 6.07) is 0. The minimum absolute atomic E-state index is 0.545. The van der Waals surface area contributed by atoms with Crippen LogP contribution in [0.2, 0.25) is 0 Å². The predicted octanol–water partition coefficient (Wildman–Crippen LogP) is 9.03. The molecule has 1 rings (SSSR count). The van der Waals surface area contributed by atoms with Crippen LogP contribution in [0.25, 0.3) is 0 Å². The Balaban J connectivity index is 1.85. The van der Waals surface area contributed by atoms with Crippen LogP contribution in [0.1, 0.15) is 149 Å². The van der Waals surface area contributed by atoms with Gasteiger partial charge in [-0.05, 0) is 43.4 Å². The first-order valence-electron chi connectivity index (χ1n) is 12.6. The molecule has 1 heteroatoms. The van der Waals surface area contributed by atoms with E-state index in [-0.39, 0.29) is 0 Å². The lowest BCUT2D eigenvalue weighted by molar-refractivity contribution is -0.120. The molecule has 160 valence electrons. The van der Waals surface area contributed by atoms with Crippen molar-refractivity contribution in [3.63, 3.8) is 0 Å². The summed E-state index contributed by atoms with van der Waals surface area (Å²) in [6.45, 7) is 7.03. The first kappa shape index (κ1) is 24.7. The van der Waals surface area contributed by atoms with Crippen molar-refractivity contribution in [2.45, 2.75) is 149 Å². The summed E-state index contributed by atoms with van der Waals surface area (Å²) in [5.74, 6) is 1.24. The lowest BCUT2D eigenvalue weighted by Crippen LogP contribution is -2.24. The summed E-state index contributed by atoms with van der Waals surface area (Å²) in [7, 11) is 0. The Morgan fingerprint density at radius 3 is 1.63 bits per heavy atom. The molecule has 1 nitrogen and oxygen atoms in total. The van der Waals surface area contributed by atoms with Gasteiger partial charge in [0.1, 0.15) is 5.78 Å². The quantitative estimate of drug-likeness (QED) is 0.231. The second-order valence-corrected chi connectivity index (χ2v) is 9.84. The zero-order chi connectivity index (χ0) is 19.8. The van der Waals surface area contributed by atoms with Crippen LogP contribution in [0.15, 0.2) is 0 Å². The molecular formula is C26H50O. The van der Waals surface area contributed by atoms with Crippen molar-refractivity contribution in [2.75, 3.05) is 0 Å². The van der Waals surface area contributed by atoms with E-state index in [1.165, 1.54) is 109 Å². The third-order valence-electron chi connectivity index (χ3n) is 7.24. The van der Waals surface area contributed by atoms with Crippen molar-refractivity contribution >= 4 is 5.78 Å². The zero-order valence-corrected chi connectivity index (χ0v) is 19.1. The summed E-state index contributed by atoms with van der Waals surface area (Å²) in [5, 5.41) is 0. The van der Waals surface area contributed by atoms with Gasteiger partial charge in [0, 0.05) is 12.8 Å². The number of hydrogen-bond acceptors (Lipinski definition) is 1. The molecule has 27 heavy (non-hydrogen) atoms. The van der Waals surface area contributed by atoms with Gasteiger partial charge in [-0.1, -0.05) is 104 Å². The average molecular weight is 379 g/mol. The van der Waals surface area contributed by atoms with Gasteiger partial charge in [0.25, 0.3) is 0 Å². The molecule has 1 aliphatic rings. The second kappa shape index (κ2) is 15.6. The highest BCUT2D eigenvalue weighted by Gasteiger charge is 2.30. The normalized spacial score (nSPS) is 22.9. The Morgan fingerprint density at radius 2 is 1.19 bits per heavy atom. The molecule has 0 spiro atoms. The Kier molecular flexibility index (Phi) is 14.3. The van der Waals surface area contributed by atoms with Gasteiger partial charge < -0.3 is 0 Å². The van der Waals surface area contributed by atoms with Crippen LogP contribution in [-0.2, 0) is 4.79 Å². The summed E-state index contributed by atoms with van der Waals surface area (Å²) < 4.78 is 0. The predicted molar refractivity (Wildman–Crippen MR) is 120 cm³/mol. The van der Waals surface area contributed by atoms with Crippen LogP contribution in [-0.4, -0.2) is 5.78 Å². The van der Waals surface area contributed by atoms with E-state index in [4.69, 9.17) is 0 Å². The van der Waals surface area contributed by atoms with E-state index in [0.717, 1.165) is 19.3 Å². The van der Waals surface area contributed by atoms with E-state index >= 15 is 0 Å². The second-order valence-electron chi connectivity index (χ2n) is 9.84. The summed E-state index contributed by atoms with van der Waals surface area (Å²) in [5.41, 5.74) is 0.564. The van der Waals surface area contributed by atoms with E-state index in [1.807, 2.05) is 0 Å². The molecule has 1 saturated carbocycles. The number of Topliss-reactive ketones (excluding diaryl/α,β-unsaturated/α-hetero) is 1. The van der Waals surface area contributed by atoms with Crippen LogP contribution in [0, 0.1) is 11.3 Å². The molecule has 0 aromatic carbocycles. The number of carbonyl (C=O) groups excluding carboxylic acids is 1. The Hall–Kier alpha value is -0.330. The van der Waals surface area contributed by atoms with Crippen molar-refractivity contribution in [3.8, 4) is 0 Å². The number of carbonyl (C=O) groups is 1. The molecule has 0 saturated heterocycles. The molecule has 0 radical (unpaired) electrons. The molecule has 0 heterocycles. The largest absolute Gasteiger partial charge is 0.300 e. The van der Waals surface area contributed by atoms with E-state index in [0.29, 0.717) is 17.1 Å². The molecular weight excluding hydrogens is 328 g/mol. The number of unbranched alkanes of at least 4 members (excludes halogenated alkanes) is 12. The molecule has 1 aliphatic carbocycles. The van der Waals surface area contributed by atoms with Crippen molar-refractivity contribution in [2.24, 2.45) is 11.3 Å². The fraction of sp³-hybridized carbons (Fsp3) is 0.962. The third-order valence-corrected chi connectivity index (χ3v) is 7.24. The van der Waals surface area contributed by atoms with Crippen molar-refractivity contribution in [1.29, 1.82) is 0 Å². The molecule has 0 N–H and O–H groups in total.